The van der Waals surface area contributed by atoms with E-state index in [9.17, 15) is 0 Å². The molecule has 0 bridgehead atoms. The standard InChI is InChI=1S/C13H15ClN4/c1-9-12(14)15-8-16-13(9)17-10-5-4-6-11(7-10)18(2)3/h4-8H,1-3H3,(H,15,16,17). The van der Waals surface area contributed by atoms with Crippen molar-refractivity contribution < 1.29 is 0 Å². The van der Waals surface area contributed by atoms with Crippen molar-refractivity contribution in [3.8, 4) is 0 Å². The summed E-state index contributed by atoms with van der Waals surface area (Å²) in [5, 5.41) is 3.71. The van der Waals surface area contributed by atoms with E-state index in [4.69, 9.17) is 11.6 Å². The lowest BCUT2D eigenvalue weighted by Gasteiger charge is -2.14. The summed E-state index contributed by atoms with van der Waals surface area (Å²) in [7, 11) is 4.01. The average Bonchev–Trinajstić information content (AvgIpc) is 2.35. The van der Waals surface area contributed by atoms with E-state index < -0.39 is 0 Å². The molecule has 0 aliphatic heterocycles. The first kappa shape index (κ1) is 12.6. The van der Waals surface area contributed by atoms with Crippen molar-refractivity contribution in [1.29, 1.82) is 0 Å². The van der Waals surface area contributed by atoms with Crippen LogP contribution in [0.4, 0.5) is 17.2 Å². The van der Waals surface area contributed by atoms with Crippen LogP contribution in [0.1, 0.15) is 5.56 Å². The Bertz CT molecular complexity index is 554. The smallest absolute Gasteiger partial charge is 0.138 e. The van der Waals surface area contributed by atoms with Gasteiger partial charge in [-0.05, 0) is 25.1 Å². The van der Waals surface area contributed by atoms with Gasteiger partial charge in [0.15, 0.2) is 0 Å². The quantitative estimate of drug-likeness (QED) is 0.862. The third-order valence-corrected chi connectivity index (χ3v) is 3.03. The molecule has 0 atom stereocenters. The minimum absolute atomic E-state index is 0.469. The summed E-state index contributed by atoms with van der Waals surface area (Å²) < 4.78 is 0. The molecule has 1 N–H and O–H groups in total. The van der Waals surface area contributed by atoms with Crippen molar-refractivity contribution in [2.24, 2.45) is 0 Å². The molecule has 0 saturated heterocycles. The predicted molar refractivity (Wildman–Crippen MR) is 75.8 cm³/mol. The number of rotatable bonds is 3. The zero-order valence-corrected chi connectivity index (χ0v) is 11.4. The van der Waals surface area contributed by atoms with Gasteiger partial charge in [0.2, 0.25) is 0 Å². The second-order valence-electron chi connectivity index (χ2n) is 4.21. The van der Waals surface area contributed by atoms with Gasteiger partial charge >= 0.3 is 0 Å². The lowest BCUT2D eigenvalue weighted by molar-refractivity contribution is 1.12. The number of nitrogens with zero attached hydrogens (tertiary/aromatic N) is 3. The summed E-state index contributed by atoms with van der Waals surface area (Å²) >= 11 is 5.96. The number of nitrogens with one attached hydrogen (secondary N) is 1. The molecule has 4 nitrogen and oxygen atoms in total. The summed E-state index contributed by atoms with van der Waals surface area (Å²) in [6.07, 6.45) is 1.45. The molecular weight excluding hydrogens is 248 g/mol. The van der Waals surface area contributed by atoms with E-state index in [1.807, 2.05) is 44.1 Å². The van der Waals surface area contributed by atoms with Gasteiger partial charge in [-0.1, -0.05) is 17.7 Å². The maximum Gasteiger partial charge on any atom is 0.138 e. The highest BCUT2D eigenvalue weighted by atomic mass is 35.5. The van der Waals surface area contributed by atoms with E-state index >= 15 is 0 Å². The Morgan fingerprint density at radius 2 is 2.00 bits per heavy atom. The van der Waals surface area contributed by atoms with Gasteiger partial charge < -0.3 is 10.2 Å². The van der Waals surface area contributed by atoms with Crippen LogP contribution in [-0.2, 0) is 0 Å². The fourth-order valence-corrected chi connectivity index (χ4v) is 1.69. The Morgan fingerprint density at radius 1 is 1.22 bits per heavy atom. The summed E-state index contributed by atoms with van der Waals surface area (Å²) in [4.78, 5) is 10.2. The van der Waals surface area contributed by atoms with E-state index in [-0.39, 0.29) is 0 Å². The number of hydrogen-bond acceptors (Lipinski definition) is 4. The van der Waals surface area contributed by atoms with Gasteiger partial charge in [-0.15, -0.1) is 0 Å². The second-order valence-corrected chi connectivity index (χ2v) is 4.57. The van der Waals surface area contributed by atoms with Crippen LogP contribution in [0.15, 0.2) is 30.6 Å². The Kier molecular flexibility index (Phi) is 3.67. The summed E-state index contributed by atoms with van der Waals surface area (Å²) in [5.74, 6) is 0.728. The monoisotopic (exact) mass is 262 g/mol. The topological polar surface area (TPSA) is 41.1 Å². The number of anilines is 3. The van der Waals surface area contributed by atoms with Crippen molar-refractivity contribution in [1.82, 2.24) is 9.97 Å². The zero-order chi connectivity index (χ0) is 13.1. The van der Waals surface area contributed by atoms with Gasteiger partial charge in [0.05, 0.1) is 0 Å². The molecule has 0 fully saturated rings. The van der Waals surface area contributed by atoms with Crippen LogP contribution in [0, 0.1) is 6.92 Å². The van der Waals surface area contributed by atoms with Gasteiger partial charge in [-0.25, -0.2) is 9.97 Å². The van der Waals surface area contributed by atoms with Crippen molar-refractivity contribution in [3.63, 3.8) is 0 Å². The molecule has 0 unspecified atom stereocenters. The minimum Gasteiger partial charge on any atom is -0.378 e. The molecule has 5 heteroatoms. The molecule has 0 saturated carbocycles. The predicted octanol–water partition coefficient (Wildman–Crippen LogP) is 3.25. The van der Waals surface area contributed by atoms with Crippen LogP contribution >= 0.6 is 11.6 Å². The van der Waals surface area contributed by atoms with Crippen LogP contribution in [0.3, 0.4) is 0 Å². The van der Waals surface area contributed by atoms with E-state index in [0.717, 1.165) is 22.8 Å². The van der Waals surface area contributed by atoms with Gasteiger partial charge in [0.1, 0.15) is 17.3 Å². The lowest BCUT2D eigenvalue weighted by atomic mass is 10.2. The van der Waals surface area contributed by atoms with E-state index in [1.54, 1.807) is 0 Å². The first-order chi connectivity index (χ1) is 8.58. The Labute approximate surface area is 112 Å². The molecule has 1 heterocycles. The van der Waals surface area contributed by atoms with Gasteiger partial charge in [0.25, 0.3) is 0 Å². The molecule has 2 rings (SSSR count). The molecule has 1 aromatic heterocycles. The number of aromatic nitrogens is 2. The molecule has 0 aliphatic carbocycles. The highest BCUT2D eigenvalue weighted by Gasteiger charge is 2.05. The number of hydrogen-bond donors (Lipinski definition) is 1. The van der Waals surface area contributed by atoms with Gasteiger partial charge in [-0.2, -0.15) is 0 Å². The van der Waals surface area contributed by atoms with Crippen LogP contribution < -0.4 is 10.2 Å². The van der Waals surface area contributed by atoms with Crippen molar-refractivity contribution in [2.45, 2.75) is 6.92 Å². The molecule has 18 heavy (non-hydrogen) atoms. The highest BCUT2D eigenvalue weighted by molar-refractivity contribution is 6.30. The van der Waals surface area contributed by atoms with Gasteiger partial charge in [0, 0.05) is 31.0 Å². The molecule has 0 spiro atoms. The first-order valence-corrected chi connectivity index (χ1v) is 5.97. The van der Waals surface area contributed by atoms with Crippen molar-refractivity contribution in [2.75, 3.05) is 24.3 Å². The Hall–Kier alpha value is -1.81. The Balaban J connectivity index is 2.28. The SMILES string of the molecule is Cc1c(Cl)ncnc1Nc1cccc(N(C)C)c1. The maximum atomic E-state index is 5.96. The molecule has 1 aromatic carbocycles. The summed E-state index contributed by atoms with van der Waals surface area (Å²) in [5.41, 5.74) is 2.94. The van der Waals surface area contributed by atoms with E-state index in [1.165, 1.54) is 6.33 Å². The normalized spacial score (nSPS) is 10.2. The second kappa shape index (κ2) is 5.23. The van der Waals surface area contributed by atoms with E-state index in [0.29, 0.717) is 5.15 Å². The van der Waals surface area contributed by atoms with E-state index in [2.05, 4.69) is 21.4 Å². The van der Waals surface area contributed by atoms with Gasteiger partial charge in [-0.3, -0.25) is 0 Å². The van der Waals surface area contributed by atoms with Crippen LogP contribution in [0.2, 0.25) is 5.15 Å². The zero-order valence-electron chi connectivity index (χ0n) is 10.6. The summed E-state index contributed by atoms with van der Waals surface area (Å²) in [6, 6.07) is 8.08. The summed E-state index contributed by atoms with van der Waals surface area (Å²) in [6.45, 7) is 1.89. The number of benzene rings is 1. The molecule has 2 aromatic rings. The number of halogens is 1. The van der Waals surface area contributed by atoms with Crippen molar-refractivity contribution in [3.05, 3.63) is 41.3 Å². The van der Waals surface area contributed by atoms with Crippen molar-refractivity contribution >= 4 is 28.8 Å². The first-order valence-electron chi connectivity index (χ1n) is 5.59. The fourth-order valence-electron chi connectivity index (χ4n) is 1.55. The minimum atomic E-state index is 0.469. The molecule has 94 valence electrons. The third-order valence-electron chi connectivity index (χ3n) is 2.65. The average molecular weight is 263 g/mol. The molecule has 0 amide bonds. The molecule has 0 radical (unpaired) electrons. The van der Waals surface area contributed by atoms with Crippen LogP contribution in [0.5, 0.6) is 0 Å². The maximum absolute atomic E-state index is 5.96. The fraction of sp³-hybridized carbons (Fsp3) is 0.231. The Morgan fingerprint density at radius 3 is 2.72 bits per heavy atom. The molecule has 0 aliphatic rings. The molecular formula is C13H15ClN4. The highest BCUT2D eigenvalue weighted by Crippen LogP contribution is 2.24. The van der Waals surface area contributed by atoms with Crippen LogP contribution in [0.25, 0.3) is 0 Å². The largest absolute Gasteiger partial charge is 0.378 e. The third kappa shape index (κ3) is 2.71. The van der Waals surface area contributed by atoms with Crippen LogP contribution in [-0.4, -0.2) is 24.1 Å². The lowest BCUT2D eigenvalue weighted by Crippen LogP contribution is -2.08.